The van der Waals surface area contributed by atoms with Crippen molar-refractivity contribution in [3.63, 3.8) is 0 Å². The van der Waals surface area contributed by atoms with Crippen molar-refractivity contribution in [1.82, 2.24) is 10.2 Å². The van der Waals surface area contributed by atoms with Crippen molar-refractivity contribution in [2.24, 2.45) is 0 Å². The zero-order valence-electron chi connectivity index (χ0n) is 21.1. The molecule has 0 fully saturated rings. The Morgan fingerprint density at radius 3 is 2.29 bits per heavy atom. The van der Waals surface area contributed by atoms with Crippen LogP contribution in [0.3, 0.4) is 0 Å². The maximum Gasteiger partial charge on any atom is 0.408 e. The topological polar surface area (TPSA) is 87.7 Å². The van der Waals surface area contributed by atoms with E-state index in [4.69, 9.17) is 16.3 Å². The van der Waals surface area contributed by atoms with Crippen molar-refractivity contribution in [2.45, 2.75) is 59.2 Å². The number of aryl methyl sites for hydroxylation is 2. The fraction of sp³-hybridized carbons (Fsp3) is 0.370. The second-order valence-corrected chi connectivity index (χ2v) is 9.79. The highest BCUT2D eigenvalue weighted by Crippen LogP contribution is 2.29. The Labute approximate surface area is 212 Å². The molecule has 7 nitrogen and oxygen atoms in total. The first-order valence-corrected chi connectivity index (χ1v) is 11.7. The minimum absolute atomic E-state index is 0.0760. The monoisotopic (exact) mass is 499 g/mol. The van der Waals surface area contributed by atoms with E-state index in [1.165, 1.54) is 11.0 Å². The van der Waals surface area contributed by atoms with Crippen LogP contribution in [-0.2, 0) is 14.3 Å². The number of nitrogens with zero attached hydrogens (tertiary/aromatic N) is 1. The molecule has 3 amide bonds. The minimum atomic E-state index is -1.00. The van der Waals surface area contributed by atoms with Gasteiger partial charge in [-0.2, -0.15) is 0 Å². The molecule has 2 N–H and O–H groups in total. The van der Waals surface area contributed by atoms with Gasteiger partial charge in [0.15, 0.2) is 0 Å². The first kappa shape index (κ1) is 27.9. The third kappa shape index (κ3) is 7.86. The van der Waals surface area contributed by atoms with Crippen molar-refractivity contribution in [2.75, 3.05) is 11.9 Å². The molecular weight excluding hydrogens is 466 g/mol. The first-order chi connectivity index (χ1) is 16.3. The van der Waals surface area contributed by atoms with E-state index >= 15 is 0 Å². The Hall–Kier alpha value is -3.32. The molecule has 2 aromatic rings. The summed E-state index contributed by atoms with van der Waals surface area (Å²) in [7, 11) is 0. The van der Waals surface area contributed by atoms with Crippen LogP contribution in [0.1, 0.15) is 50.4 Å². The molecular formula is C27H34ClN3O4. The molecule has 0 aromatic heterocycles. The Balaban J connectivity index is 2.43. The number of para-hydroxylation sites is 1. The first-order valence-electron chi connectivity index (χ1n) is 11.4. The standard InChI is InChI=1S/C27H34ClN3O4/c1-8-16-31(25(33)19(4)29-26(34)35-27(5,6)7)23(20-14-12-17(2)13-15-20)24(32)30-22-18(3)10-9-11-21(22)28/h8-15,19,23H,1,16H2,2-7H3,(H,29,34)(H,30,32). The third-order valence-corrected chi connectivity index (χ3v) is 5.45. The lowest BCUT2D eigenvalue weighted by molar-refractivity contribution is -0.139. The summed E-state index contributed by atoms with van der Waals surface area (Å²) in [6.45, 7) is 14.3. The van der Waals surface area contributed by atoms with Crippen molar-refractivity contribution in [3.05, 3.63) is 76.8 Å². The number of amides is 3. The van der Waals surface area contributed by atoms with E-state index in [0.717, 1.165) is 11.1 Å². The maximum atomic E-state index is 13.6. The number of carbonyl (C=O) groups is 3. The van der Waals surface area contributed by atoms with Crippen LogP contribution in [0.5, 0.6) is 0 Å². The van der Waals surface area contributed by atoms with Gasteiger partial charge in [-0.25, -0.2) is 4.79 Å². The number of hydrogen-bond acceptors (Lipinski definition) is 4. The van der Waals surface area contributed by atoms with Gasteiger partial charge in [0.05, 0.1) is 10.7 Å². The highest BCUT2D eigenvalue weighted by atomic mass is 35.5. The number of ether oxygens (including phenoxy) is 1. The Bertz CT molecular complexity index is 1060. The van der Waals surface area contributed by atoms with Crippen LogP contribution in [0.4, 0.5) is 10.5 Å². The summed E-state index contributed by atoms with van der Waals surface area (Å²) in [5.41, 5.74) is 2.16. The summed E-state index contributed by atoms with van der Waals surface area (Å²) in [5.74, 6) is -0.905. The second-order valence-electron chi connectivity index (χ2n) is 9.38. The Morgan fingerprint density at radius 2 is 1.74 bits per heavy atom. The fourth-order valence-electron chi connectivity index (χ4n) is 3.46. The van der Waals surface area contributed by atoms with Crippen LogP contribution in [0, 0.1) is 13.8 Å². The van der Waals surface area contributed by atoms with Crippen molar-refractivity contribution >= 4 is 35.2 Å². The molecule has 2 atom stereocenters. The van der Waals surface area contributed by atoms with E-state index in [1.807, 2.05) is 32.0 Å². The number of nitrogens with one attached hydrogen (secondary N) is 2. The number of rotatable bonds is 8. The third-order valence-electron chi connectivity index (χ3n) is 5.14. The van der Waals surface area contributed by atoms with Crippen LogP contribution in [-0.4, -0.2) is 41.0 Å². The van der Waals surface area contributed by atoms with E-state index in [2.05, 4.69) is 17.2 Å². The number of alkyl carbamates (subject to hydrolysis) is 1. The number of anilines is 1. The lowest BCUT2D eigenvalue weighted by Crippen LogP contribution is -2.51. The van der Waals surface area contributed by atoms with Crippen LogP contribution in [0.15, 0.2) is 55.1 Å². The van der Waals surface area contributed by atoms with Gasteiger partial charge >= 0.3 is 6.09 Å². The van der Waals surface area contributed by atoms with Gasteiger partial charge in [0, 0.05) is 6.54 Å². The summed E-state index contributed by atoms with van der Waals surface area (Å²) in [6, 6.07) is 10.7. The van der Waals surface area contributed by atoms with E-state index in [1.54, 1.807) is 52.0 Å². The molecule has 0 saturated carbocycles. The molecule has 0 aliphatic rings. The van der Waals surface area contributed by atoms with Gasteiger partial charge in [0.1, 0.15) is 17.7 Å². The average Bonchev–Trinajstić information content (AvgIpc) is 2.75. The smallest absolute Gasteiger partial charge is 0.408 e. The number of carbonyl (C=O) groups excluding carboxylic acids is 3. The van der Waals surface area contributed by atoms with E-state index in [0.29, 0.717) is 16.3 Å². The molecule has 8 heteroatoms. The quantitative estimate of drug-likeness (QED) is 0.465. The maximum absolute atomic E-state index is 13.6. The largest absolute Gasteiger partial charge is 0.444 e. The van der Waals surface area contributed by atoms with Crippen LogP contribution >= 0.6 is 11.6 Å². The molecule has 0 radical (unpaired) electrons. The van der Waals surface area contributed by atoms with Gasteiger partial charge in [-0.1, -0.05) is 59.6 Å². The van der Waals surface area contributed by atoms with E-state index < -0.39 is 35.6 Å². The molecule has 0 spiro atoms. The molecule has 188 valence electrons. The van der Waals surface area contributed by atoms with Crippen molar-refractivity contribution in [3.8, 4) is 0 Å². The Kier molecular flexibility index (Phi) is 9.48. The molecule has 0 bridgehead atoms. The molecule has 2 unspecified atom stereocenters. The summed E-state index contributed by atoms with van der Waals surface area (Å²) in [4.78, 5) is 40.8. The molecule has 2 rings (SSSR count). The highest BCUT2D eigenvalue weighted by molar-refractivity contribution is 6.34. The number of benzene rings is 2. The van der Waals surface area contributed by atoms with Crippen LogP contribution in [0.25, 0.3) is 0 Å². The Morgan fingerprint density at radius 1 is 1.11 bits per heavy atom. The van der Waals surface area contributed by atoms with Crippen molar-refractivity contribution in [1.29, 1.82) is 0 Å². The van der Waals surface area contributed by atoms with E-state index in [9.17, 15) is 14.4 Å². The van der Waals surface area contributed by atoms with Crippen LogP contribution < -0.4 is 10.6 Å². The van der Waals surface area contributed by atoms with E-state index in [-0.39, 0.29) is 6.54 Å². The summed E-state index contributed by atoms with van der Waals surface area (Å²) >= 11 is 6.34. The summed E-state index contributed by atoms with van der Waals surface area (Å²) in [6.07, 6.45) is 0.813. The van der Waals surface area contributed by atoms with Gasteiger partial charge in [-0.15, -0.1) is 6.58 Å². The van der Waals surface area contributed by atoms with Gasteiger partial charge in [0.2, 0.25) is 5.91 Å². The lowest BCUT2D eigenvalue weighted by atomic mass is 10.0. The predicted octanol–water partition coefficient (Wildman–Crippen LogP) is 5.56. The molecule has 0 aliphatic heterocycles. The zero-order chi connectivity index (χ0) is 26.3. The van der Waals surface area contributed by atoms with Crippen molar-refractivity contribution < 1.29 is 19.1 Å². The molecule has 0 saturated heterocycles. The molecule has 0 aliphatic carbocycles. The SMILES string of the molecule is C=CCN(C(=O)C(C)NC(=O)OC(C)(C)C)C(C(=O)Nc1c(C)cccc1Cl)c1ccc(C)cc1. The number of halogens is 1. The predicted molar refractivity (Wildman–Crippen MR) is 139 cm³/mol. The minimum Gasteiger partial charge on any atom is -0.444 e. The van der Waals surface area contributed by atoms with Gasteiger partial charge in [-0.05, 0) is 58.7 Å². The van der Waals surface area contributed by atoms with Gasteiger partial charge in [0.25, 0.3) is 5.91 Å². The molecule has 0 heterocycles. The lowest BCUT2D eigenvalue weighted by Gasteiger charge is -2.33. The van der Waals surface area contributed by atoms with Gasteiger partial charge < -0.3 is 20.3 Å². The number of hydrogen-bond donors (Lipinski definition) is 2. The molecule has 35 heavy (non-hydrogen) atoms. The van der Waals surface area contributed by atoms with Gasteiger partial charge in [-0.3, -0.25) is 9.59 Å². The zero-order valence-corrected chi connectivity index (χ0v) is 21.9. The fourth-order valence-corrected chi connectivity index (χ4v) is 3.73. The molecule has 2 aromatic carbocycles. The summed E-state index contributed by atoms with van der Waals surface area (Å²) < 4.78 is 5.27. The van der Waals surface area contributed by atoms with Crippen LogP contribution in [0.2, 0.25) is 5.02 Å². The average molecular weight is 500 g/mol. The summed E-state index contributed by atoms with van der Waals surface area (Å²) in [5, 5.41) is 5.83. The highest BCUT2D eigenvalue weighted by Gasteiger charge is 2.34. The second kappa shape index (κ2) is 11.9. The normalized spacial score (nSPS) is 12.8.